The minimum Gasteiger partial charge on any atom is -0.336 e. The minimum absolute atomic E-state index is 0.107. The van der Waals surface area contributed by atoms with Gasteiger partial charge in [-0.3, -0.25) is 4.79 Å². The highest BCUT2D eigenvalue weighted by Gasteiger charge is 2.17. The lowest BCUT2D eigenvalue weighted by atomic mass is 10.1. The van der Waals surface area contributed by atoms with E-state index in [-0.39, 0.29) is 11.8 Å². The smallest absolute Gasteiger partial charge is 0.253 e. The van der Waals surface area contributed by atoms with Crippen LogP contribution in [0, 0.1) is 20.8 Å². The lowest BCUT2D eigenvalue weighted by Crippen LogP contribution is -2.37. The molecule has 3 nitrogen and oxygen atoms in total. The second-order valence-electron chi connectivity index (χ2n) is 3.80. The Kier molecular flexibility index (Phi) is 4.74. The van der Waals surface area contributed by atoms with Crippen LogP contribution >= 0.6 is 22.6 Å². The molecule has 16 heavy (non-hydrogen) atoms. The van der Waals surface area contributed by atoms with E-state index in [0.717, 1.165) is 3.57 Å². The van der Waals surface area contributed by atoms with Crippen molar-refractivity contribution in [2.45, 2.75) is 19.9 Å². The molecule has 0 saturated heterocycles. The van der Waals surface area contributed by atoms with Crippen molar-refractivity contribution in [1.82, 2.24) is 5.32 Å². The highest BCUT2D eigenvalue weighted by molar-refractivity contribution is 14.1. The molecule has 1 N–H and O–H groups in total. The van der Waals surface area contributed by atoms with Crippen LogP contribution in [-0.4, -0.2) is 11.9 Å². The predicted molar refractivity (Wildman–Crippen MR) is 70.9 cm³/mol. The van der Waals surface area contributed by atoms with Gasteiger partial charge < -0.3 is 5.32 Å². The predicted octanol–water partition coefficient (Wildman–Crippen LogP) is 2.57. The van der Waals surface area contributed by atoms with E-state index in [1.807, 2.05) is 32.0 Å². The van der Waals surface area contributed by atoms with Gasteiger partial charge in [0.15, 0.2) is 0 Å². The third kappa shape index (κ3) is 3.20. The summed E-state index contributed by atoms with van der Waals surface area (Å²) in [6.45, 7) is 3.81. The van der Waals surface area contributed by atoms with Crippen LogP contribution in [-0.2, 0) is 0 Å². The molecule has 0 aliphatic heterocycles. The van der Waals surface area contributed by atoms with Gasteiger partial charge >= 0.3 is 0 Å². The van der Waals surface area contributed by atoms with E-state index in [0.29, 0.717) is 5.56 Å². The fraction of sp³-hybridized carbons (Fsp3) is 0.333. The number of rotatable bonds is 3. The minimum atomic E-state index is -0.441. The van der Waals surface area contributed by atoms with Crippen LogP contribution in [0.5, 0.6) is 0 Å². The third-order valence-electron chi connectivity index (χ3n) is 2.21. The van der Waals surface area contributed by atoms with Crippen LogP contribution < -0.4 is 5.32 Å². The summed E-state index contributed by atoms with van der Waals surface area (Å²) in [5.41, 5.74) is 0.615. The van der Waals surface area contributed by atoms with Crippen molar-refractivity contribution in [3.63, 3.8) is 0 Å². The highest BCUT2D eigenvalue weighted by Crippen LogP contribution is 2.12. The molecule has 0 heterocycles. The van der Waals surface area contributed by atoms with Gasteiger partial charge in [0, 0.05) is 3.57 Å². The van der Waals surface area contributed by atoms with E-state index < -0.39 is 6.04 Å². The maximum atomic E-state index is 11.9. The number of amides is 1. The number of halogens is 1. The molecule has 0 aliphatic carbocycles. The van der Waals surface area contributed by atoms with Gasteiger partial charge in [-0.15, -0.1) is 0 Å². The van der Waals surface area contributed by atoms with Crippen molar-refractivity contribution in [2.24, 2.45) is 5.92 Å². The Morgan fingerprint density at radius 1 is 1.44 bits per heavy atom. The normalized spacial score (nSPS) is 11.9. The van der Waals surface area contributed by atoms with Gasteiger partial charge in [0.2, 0.25) is 0 Å². The molecule has 0 aromatic heterocycles. The Balaban J connectivity index is 2.81. The summed E-state index contributed by atoms with van der Waals surface area (Å²) in [6.07, 6.45) is 0. The molecule has 0 bridgehead atoms. The quantitative estimate of drug-likeness (QED) is 0.867. The summed E-state index contributed by atoms with van der Waals surface area (Å²) in [7, 11) is 0. The Morgan fingerprint density at radius 2 is 2.06 bits per heavy atom. The first-order valence-electron chi connectivity index (χ1n) is 5.01. The van der Waals surface area contributed by atoms with E-state index >= 15 is 0 Å². The summed E-state index contributed by atoms with van der Waals surface area (Å²) in [5, 5.41) is 11.6. The lowest BCUT2D eigenvalue weighted by Gasteiger charge is -2.15. The number of carbonyl (C=O) groups excluding carboxylic acids is 1. The van der Waals surface area contributed by atoms with E-state index in [1.54, 1.807) is 6.07 Å². The molecule has 1 unspecified atom stereocenters. The topological polar surface area (TPSA) is 52.9 Å². The van der Waals surface area contributed by atoms with Gasteiger partial charge in [0.05, 0.1) is 11.6 Å². The molecule has 4 heteroatoms. The van der Waals surface area contributed by atoms with Crippen LogP contribution in [0.1, 0.15) is 24.2 Å². The maximum Gasteiger partial charge on any atom is 0.253 e. The zero-order chi connectivity index (χ0) is 12.1. The van der Waals surface area contributed by atoms with Gasteiger partial charge in [-0.2, -0.15) is 5.26 Å². The fourth-order valence-electron chi connectivity index (χ4n) is 1.21. The zero-order valence-corrected chi connectivity index (χ0v) is 11.4. The molecule has 0 saturated carbocycles. The van der Waals surface area contributed by atoms with Crippen molar-refractivity contribution >= 4 is 28.5 Å². The number of benzene rings is 1. The molecule has 0 aliphatic rings. The summed E-state index contributed by atoms with van der Waals surface area (Å²) >= 11 is 2.11. The van der Waals surface area contributed by atoms with Crippen LogP contribution in [0.2, 0.25) is 0 Å². The molecule has 0 fully saturated rings. The maximum absolute atomic E-state index is 11.9. The van der Waals surface area contributed by atoms with Crippen molar-refractivity contribution < 1.29 is 4.79 Å². The van der Waals surface area contributed by atoms with Crippen molar-refractivity contribution in [3.05, 3.63) is 33.4 Å². The Hall–Kier alpha value is -1.09. The highest BCUT2D eigenvalue weighted by atomic mass is 127. The van der Waals surface area contributed by atoms with Gasteiger partial charge in [0.1, 0.15) is 6.04 Å². The molecule has 1 rings (SSSR count). The number of hydrogen-bond donors (Lipinski definition) is 1. The van der Waals surface area contributed by atoms with Gasteiger partial charge in [-0.1, -0.05) is 26.0 Å². The first kappa shape index (κ1) is 13.0. The van der Waals surface area contributed by atoms with Crippen LogP contribution in [0.3, 0.4) is 0 Å². The molecule has 84 valence electrons. The summed E-state index contributed by atoms with van der Waals surface area (Å²) in [6, 6.07) is 8.96. The number of nitrogens with one attached hydrogen (secondary N) is 1. The molecule has 1 atom stereocenters. The number of nitriles is 1. The van der Waals surface area contributed by atoms with E-state index in [2.05, 4.69) is 34.0 Å². The molecular formula is C12H13IN2O. The van der Waals surface area contributed by atoms with Crippen molar-refractivity contribution in [2.75, 3.05) is 0 Å². The first-order valence-corrected chi connectivity index (χ1v) is 6.09. The second kappa shape index (κ2) is 5.85. The third-order valence-corrected chi connectivity index (χ3v) is 3.15. The fourth-order valence-corrected chi connectivity index (χ4v) is 1.84. The molecule has 0 radical (unpaired) electrons. The molecule has 1 aromatic carbocycles. The first-order chi connectivity index (χ1) is 7.56. The van der Waals surface area contributed by atoms with Crippen LogP contribution in [0.4, 0.5) is 0 Å². The van der Waals surface area contributed by atoms with Gasteiger partial charge in [0.25, 0.3) is 5.91 Å². The van der Waals surface area contributed by atoms with Crippen LogP contribution in [0.25, 0.3) is 0 Å². The van der Waals surface area contributed by atoms with Crippen LogP contribution in [0.15, 0.2) is 24.3 Å². The number of nitrogens with zero attached hydrogens (tertiary/aromatic N) is 1. The molecule has 0 spiro atoms. The van der Waals surface area contributed by atoms with E-state index in [4.69, 9.17) is 5.26 Å². The number of carbonyl (C=O) groups is 1. The van der Waals surface area contributed by atoms with Gasteiger partial charge in [-0.25, -0.2) is 0 Å². The summed E-state index contributed by atoms with van der Waals surface area (Å²) in [4.78, 5) is 11.9. The molecule has 1 aromatic rings. The standard InChI is InChI=1S/C12H13IN2O/c1-8(2)11(7-14)15-12(16)9-5-3-4-6-10(9)13/h3-6,8,11H,1-2H3,(H,15,16). The largest absolute Gasteiger partial charge is 0.336 e. The van der Waals surface area contributed by atoms with Crippen molar-refractivity contribution in [3.8, 4) is 6.07 Å². The van der Waals surface area contributed by atoms with E-state index in [1.165, 1.54) is 0 Å². The lowest BCUT2D eigenvalue weighted by molar-refractivity contribution is 0.0936. The molecular weight excluding hydrogens is 315 g/mol. The monoisotopic (exact) mass is 328 g/mol. The van der Waals surface area contributed by atoms with Gasteiger partial charge in [-0.05, 0) is 40.6 Å². The summed E-state index contributed by atoms with van der Waals surface area (Å²) < 4.78 is 0.887. The number of hydrogen-bond acceptors (Lipinski definition) is 2. The Bertz CT molecular complexity index is 423. The SMILES string of the molecule is CC(C)C(C#N)NC(=O)c1ccccc1I. The van der Waals surface area contributed by atoms with Crippen molar-refractivity contribution in [1.29, 1.82) is 5.26 Å². The Labute approximate surface area is 109 Å². The summed E-state index contributed by atoms with van der Waals surface area (Å²) in [5.74, 6) is -0.0828. The van der Waals surface area contributed by atoms with E-state index in [9.17, 15) is 4.79 Å². The second-order valence-corrected chi connectivity index (χ2v) is 4.97. The average molecular weight is 328 g/mol. The Morgan fingerprint density at radius 3 is 2.56 bits per heavy atom. The molecule has 1 amide bonds. The zero-order valence-electron chi connectivity index (χ0n) is 9.20. The average Bonchev–Trinajstić information content (AvgIpc) is 2.25.